The van der Waals surface area contributed by atoms with E-state index in [2.05, 4.69) is 44.5 Å². The van der Waals surface area contributed by atoms with Crippen LogP contribution in [-0.2, 0) is 14.2 Å². The molecule has 2 unspecified atom stereocenters. The van der Waals surface area contributed by atoms with Gasteiger partial charge in [0, 0.05) is 21.8 Å². The van der Waals surface area contributed by atoms with E-state index in [0.29, 0.717) is 24.0 Å². The van der Waals surface area contributed by atoms with Crippen LogP contribution in [0.3, 0.4) is 0 Å². The lowest BCUT2D eigenvalue weighted by molar-refractivity contribution is -0.168. The van der Waals surface area contributed by atoms with Crippen molar-refractivity contribution >= 4 is 31.9 Å². The summed E-state index contributed by atoms with van der Waals surface area (Å²) >= 11 is 6.85. The third-order valence-electron chi connectivity index (χ3n) is 4.63. The Labute approximate surface area is 135 Å². The molecule has 20 heavy (non-hydrogen) atoms. The van der Waals surface area contributed by atoms with Gasteiger partial charge in [-0.2, -0.15) is 0 Å². The van der Waals surface area contributed by atoms with E-state index in [1.54, 1.807) is 4.99 Å². The first-order valence-electron chi connectivity index (χ1n) is 7.06. The van der Waals surface area contributed by atoms with Gasteiger partial charge >= 0.3 is 0 Å². The lowest BCUT2D eigenvalue weighted by Gasteiger charge is -2.45. The van der Waals surface area contributed by atoms with Crippen molar-refractivity contribution in [1.29, 1.82) is 0 Å². The predicted octanol–water partition coefficient (Wildman–Crippen LogP) is 3.64. The Kier molecular flexibility index (Phi) is 3.39. The van der Waals surface area contributed by atoms with Crippen molar-refractivity contribution in [2.24, 2.45) is 11.8 Å². The number of hydrogen-bond acceptors (Lipinski definition) is 3. The first-order chi connectivity index (χ1) is 9.69. The molecule has 0 aromatic heterocycles. The molecule has 0 amide bonds. The number of ether oxygens (including phenoxy) is 3. The van der Waals surface area contributed by atoms with Crippen LogP contribution in [0.5, 0.6) is 0 Å². The molecule has 2 saturated heterocycles. The van der Waals surface area contributed by atoms with Crippen LogP contribution in [0.25, 0.3) is 0 Å². The highest BCUT2D eigenvalue weighted by atomic mass is 79.9. The molecule has 4 aliphatic rings. The maximum Gasteiger partial charge on any atom is 0.153 e. The van der Waals surface area contributed by atoms with E-state index >= 15 is 0 Å². The summed E-state index contributed by atoms with van der Waals surface area (Å²) in [7, 11) is 0. The fourth-order valence-electron chi connectivity index (χ4n) is 3.42. The van der Waals surface area contributed by atoms with Crippen molar-refractivity contribution in [2.75, 3.05) is 0 Å². The third kappa shape index (κ3) is 2.24. The van der Waals surface area contributed by atoms with Gasteiger partial charge in [0.2, 0.25) is 0 Å². The highest BCUT2D eigenvalue weighted by Crippen LogP contribution is 2.57. The van der Waals surface area contributed by atoms with Crippen LogP contribution in [0.1, 0.15) is 19.8 Å². The molecule has 3 aliphatic heterocycles. The van der Waals surface area contributed by atoms with Gasteiger partial charge in [-0.1, -0.05) is 31.9 Å². The third-order valence-corrected chi connectivity index (χ3v) is 5.61. The number of fused-ring (bicyclic) bond motifs is 1. The molecule has 4 rings (SSSR count). The van der Waals surface area contributed by atoms with Crippen molar-refractivity contribution in [1.82, 2.24) is 0 Å². The Hall–Kier alpha value is -0.0600. The van der Waals surface area contributed by atoms with E-state index in [4.69, 9.17) is 14.2 Å². The van der Waals surface area contributed by atoms with Crippen LogP contribution in [0, 0.1) is 11.8 Å². The molecule has 7 atom stereocenters. The van der Waals surface area contributed by atoms with Gasteiger partial charge in [-0.15, -0.1) is 5.73 Å². The molecule has 3 heterocycles. The smallest absolute Gasteiger partial charge is 0.153 e. The summed E-state index contributed by atoms with van der Waals surface area (Å²) in [5, 5.41) is 0. The second kappa shape index (κ2) is 4.99. The predicted molar refractivity (Wildman–Crippen MR) is 81.6 cm³/mol. The Morgan fingerprint density at radius 3 is 2.70 bits per heavy atom. The monoisotopic (exact) mass is 402 g/mol. The van der Waals surface area contributed by atoms with Gasteiger partial charge in [-0.25, -0.2) is 0 Å². The molecule has 1 aliphatic carbocycles. The zero-order valence-electron chi connectivity index (χ0n) is 11.1. The quantitative estimate of drug-likeness (QED) is 0.532. The van der Waals surface area contributed by atoms with Gasteiger partial charge in [-0.3, -0.25) is 0 Å². The number of hydrogen-bond donors (Lipinski definition) is 0. The van der Waals surface area contributed by atoms with Crippen molar-refractivity contribution in [3.63, 3.8) is 0 Å². The van der Waals surface area contributed by atoms with Crippen LogP contribution in [0.4, 0.5) is 0 Å². The minimum Gasteiger partial charge on any atom is -0.487 e. The van der Waals surface area contributed by atoms with Crippen LogP contribution >= 0.6 is 31.9 Å². The Morgan fingerprint density at radius 2 is 2.00 bits per heavy atom. The summed E-state index contributed by atoms with van der Waals surface area (Å²) in [6.07, 6.45) is 5.30. The maximum absolute atomic E-state index is 6.13. The van der Waals surface area contributed by atoms with Gasteiger partial charge < -0.3 is 14.2 Å². The minimum absolute atomic E-state index is 0.0756. The zero-order chi connectivity index (χ0) is 13.9. The zero-order valence-corrected chi connectivity index (χ0v) is 14.3. The minimum atomic E-state index is 0.0756. The Morgan fingerprint density at radius 1 is 1.25 bits per heavy atom. The summed E-state index contributed by atoms with van der Waals surface area (Å²) in [6.45, 7) is 2.15. The highest BCUT2D eigenvalue weighted by Gasteiger charge is 2.62. The molecule has 0 radical (unpaired) electrons. The van der Waals surface area contributed by atoms with Gasteiger partial charge in [0.15, 0.2) is 6.10 Å². The molecule has 0 bridgehead atoms. The van der Waals surface area contributed by atoms with E-state index in [1.807, 2.05) is 6.08 Å². The first-order valence-corrected chi connectivity index (χ1v) is 8.77. The van der Waals surface area contributed by atoms with E-state index in [-0.39, 0.29) is 18.3 Å². The lowest BCUT2D eigenvalue weighted by atomic mass is 9.95. The molecule has 108 valence electrons. The maximum atomic E-state index is 6.13. The SMILES string of the molecule is C[C@@H]1O[C@@H]1C1CC1[C@@H]1OC2=C(Br)C[C@@H](C=C=CBr)O[C@H]21. The van der Waals surface area contributed by atoms with Crippen LogP contribution in [-0.4, -0.2) is 30.5 Å². The molecular weight excluding hydrogens is 388 g/mol. The number of halogens is 2. The molecule has 0 N–H and O–H groups in total. The molecular formula is C15H16Br2O3. The first kappa shape index (κ1) is 13.6. The van der Waals surface area contributed by atoms with E-state index in [1.165, 1.54) is 6.42 Å². The number of epoxide rings is 1. The van der Waals surface area contributed by atoms with Gasteiger partial charge in [0.05, 0.1) is 18.3 Å². The van der Waals surface area contributed by atoms with Gasteiger partial charge in [0.25, 0.3) is 0 Å². The Bertz CT molecular complexity index is 523. The molecule has 3 fully saturated rings. The molecule has 0 aromatic carbocycles. The average Bonchev–Trinajstić information content (AvgIpc) is 3.28. The largest absolute Gasteiger partial charge is 0.487 e. The molecule has 1 saturated carbocycles. The van der Waals surface area contributed by atoms with Crippen LogP contribution in [0.2, 0.25) is 0 Å². The fourth-order valence-corrected chi connectivity index (χ4v) is 4.21. The molecule has 5 heteroatoms. The summed E-state index contributed by atoms with van der Waals surface area (Å²) in [5.74, 6) is 2.28. The van der Waals surface area contributed by atoms with E-state index < -0.39 is 0 Å². The van der Waals surface area contributed by atoms with Gasteiger partial charge in [0.1, 0.15) is 11.9 Å². The summed E-state index contributed by atoms with van der Waals surface area (Å²) in [5.41, 5.74) is 3.04. The Balaban J connectivity index is 1.43. The van der Waals surface area contributed by atoms with Crippen molar-refractivity contribution in [3.05, 3.63) is 27.0 Å². The summed E-state index contributed by atoms with van der Waals surface area (Å²) < 4.78 is 18.8. The number of rotatable bonds is 3. The van der Waals surface area contributed by atoms with Crippen molar-refractivity contribution < 1.29 is 14.2 Å². The second-order valence-corrected chi connectivity index (χ2v) is 7.38. The van der Waals surface area contributed by atoms with Crippen LogP contribution in [0.15, 0.2) is 27.0 Å². The van der Waals surface area contributed by atoms with Gasteiger partial charge in [-0.05, 0) is 25.3 Å². The molecule has 0 aromatic rings. The van der Waals surface area contributed by atoms with Crippen LogP contribution < -0.4 is 0 Å². The molecule has 3 nitrogen and oxygen atoms in total. The van der Waals surface area contributed by atoms with E-state index in [0.717, 1.165) is 16.7 Å². The standard InChI is InChI=1S/C15H16Br2O3/c1-7-12(18-7)9-6-10(9)13-15-14(20-13)11(17)5-8(19-15)3-2-4-16/h3-4,7-10,12-13,15H,5-6H2,1H3/t2?,7-,8+,9?,10?,12-,13-,15-/m0/s1. The average molecular weight is 404 g/mol. The summed E-state index contributed by atoms with van der Waals surface area (Å²) in [6, 6.07) is 0. The normalized spacial score (nSPS) is 48.5. The fraction of sp³-hybridized carbons (Fsp3) is 0.667. The van der Waals surface area contributed by atoms with Crippen molar-refractivity contribution in [2.45, 2.75) is 50.3 Å². The summed E-state index contributed by atoms with van der Waals surface area (Å²) in [4.78, 5) is 1.72. The van der Waals surface area contributed by atoms with Crippen molar-refractivity contribution in [3.8, 4) is 0 Å². The lowest BCUT2D eigenvalue weighted by Crippen LogP contribution is -2.50. The topological polar surface area (TPSA) is 31.0 Å². The van der Waals surface area contributed by atoms with E-state index in [9.17, 15) is 0 Å². The second-order valence-electron chi connectivity index (χ2n) is 5.96. The molecule has 0 spiro atoms. The highest BCUT2D eigenvalue weighted by molar-refractivity contribution is 9.11.